The van der Waals surface area contributed by atoms with Crippen LogP contribution in [-0.4, -0.2) is 0 Å². The molecule has 0 spiro atoms. The average Bonchev–Trinajstić information content (AvgIpc) is 2.30. The number of hydrogen-bond acceptors (Lipinski definition) is 0. The first-order chi connectivity index (χ1) is 8.26. The van der Waals surface area contributed by atoms with Gasteiger partial charge in [-0.3, -0.25) is 0 Å². The van der Waals surface area contributed by atoms with Crippen molar-refractivity contribution in [2.75, 3.05) is 0 Å². The topological polar surface area (TPSA) is 0 Å². The van der Waals surface area contributed by atoms with Gasteiger partial charge < -0.3 is 0 Å². The van der Waals surface area contributed by atoms with E-state index in [9.17, 15) is 0 Å². The largest absolute Gasteiger partial charge is 0.0656 e. The van der Waals surface area contributed by atoms with Crippen LogP contribution >= 0.6 is 0 Å². The molecule has 0 amide bonds. The van der Waals surface area contributed by atoms with Gasteiger partial charge in [-0.1, -0.05) is 63.6 Å². The lowest BCUT2D eigenvalue weighted by atomic mass is 9.83. The zero-order chi connectivity index (χ0) is 12.3. The first-order valence-electron chi connectivity index (χ1n) is 6.75. The smallest absolute Gasteiger partial charge is 0.0120 e. The quantitative estimate of drug-likeness (QED) is 0.593. The van der Waals surface area contributed by atoms with Crippen LogP contribution in [0.2, 0.25) is 0 Å². The van der Waals surface area contributed by atoms with E-state index in [0.29, 0.717) is 0 Å². The van der Waals surface area contributed by atoms with Crippen LogP contribution in [-0.2, 0) is 12.8 Å². The summed E-state index contributed by atoms with van der Waals surface area (Å²) in [5.74, 6) is 0.801. The summed E-state index contributed by atoms with van der Waals surface area (Å²) in [5, 5.41) is 2.93. The average molecular weight is 226 g/mol. The maximum absolute atomic E-state index is 2.34. The molecule has 0 heterocycles. The lowest BCUT2D eigenvalue weighted by Gasteiger charge is -2.22. The normalized spacial score (nSPS) is 14.3. The van der Waals surface area contributed by atoms with Crippen LogP contribution in [0.3, 0.4) is 0 Å². The molecule has 0 N–H and O–H groups in total. The molecule has 0 nitrogen and oxygen atoms in total. The highest BCUT2D eigenvalue weighted by atomic mass is 14.2. The molecule has 17 heavy (non-hydrogen) atoms. The molecule has 90 valence electrons. The van der Waals surface area contributed by atoms with E-state index in [2.05, 4.69) is 57.2 Å². The highest BCUT2D eigenvalue weighted by Crippen LogP contribution is 2.31. The van der Waals surface area contributed by atoms with Crippen molar-refractivity contribution in [3.8, 4) is 0 Å². The number of hydrogen-bond donors (Lipinski definition) is 0. The molecule has 0 saturated heterocycles. The Kier molecular flexibility index (Phi) is 3.83. The Balaban J connectivity index is 0.000000329. The Morgan fingerprint density at radius 2 is 1.41 bits per heavy atom. The van der Waals surface area contributed by atoms with Gasteiger partial charge in [0.1, 0.15) is 0 Å². The van der Waals surface area contributed by atoms with Gasteiger partial charge in [-0.2, -0.15) is 0 Å². The molecule has 0 fully saturated rings. The van der Waals surface area contributed by atoms with Crippen molar-refractivity contribution in [1.29, 1.82) is 0 Å². The Bertz CT molecular complexity index is 456. The van der Waals surface area contributed by atoms with E-state index in [4.69, 9.17) is 0 Å². The molecule has 3 rings (SSSR count). The van der Waals surface area contributed by atoms with E-state index in [1.807, 2.05) is 0 Å². The van der Waals surface area contributed by atoms with Crippen molar-refractivity contribution in [3.05, 3.63) is 47.5 Å². The highest BCUT2D eigenvalue weighted by Gasteiger charge is 2.16. The van der Waals surface area contributed by atoms with Gasteiger partial charge in [-0.05, 0) is 40.7 Å². The summed E-state index contributed by atoms with van der Waals surface area (Å²) < 4.78 is 0. The molecule has 0 radical (unpaired) electrons. The lowest BCUT2D eigenvalue weighted by Crippen LogP contribution is -2.10. The Morgan fingerprint density at radius 1 is 0.941 bits per heavy atom. The van der Waals surface area contributed by atoms with Gasteiger partial charge in [0.05, 0.1) is 0 Å². The monoisotopic (exact) mass is 226 g/mol. The predicted molar refractivity (Wildman–Crippen MR) is 76.5 cm³/mol. The van der Waals surface area contributed by atoms with Crippen molar-refractivity contribution in [1.82, 2.24) is 0 Å². The summed E-state index contributed by atoms with van der Waals surface area (Å²) in [5.41, 5.74) is 3.08. The fourth-order valence-electron chi connectivity index (χ4n) is 2.66. The van der Waals surface area contributed by atoms with E-state index in [1.165, 1.54) is 41.2 Å². The van der Waals surface area contributed by atoms with Gasteiger partial charge in [0.15, 0.2) is 0 Å². The molecule has 1 aliphatic rings. The second-order valence-corrected chi connectivity index (χ2v) is 5.15. The minimum Gasteiger partial charge on any atom is -0.0656 e. The molecular formula is C17H22. The van der Waals surface area contributed by atoms with Gasteiger partial charge in [0, 0.05) is 0 Å². The molecule has 0 aromatic heterocycles. The summed E-state index contributed by atoms with van der Waals surface area (Å²) >= 11 is 0. The van der Waals surface area contributed by atoms with Crippen molar-refractivity contribution in [2.45, 2.75) is 40.0 Å². The minimum atomic E-state index is 0.801. The SMILES string of the molecule is CC1Cc2cccc3cccc(c23)C1.CCC. The third-order valence-electron chi connectivity index (χ3n) is 3.21. The van der Waals surface area contributed by atoms with Crippen LogP contribution in [0.1, 0.15) is 38.3 Å². The third kappa shape index (κ3) is 2.52. The maximum Gasteiger partial charge on any atom is -0.0120 e. The predicted octanol–water partition coefficient (Wildman–Crippen LogP) is 4.99. The fourth-order valence-corrected chi connectivity index (χ4v) is 2.66. The van der Waals surface area contributed by atoms with Gasteiger partial charge in [-0.25, -0.2) is 0 Å². The molecule has 0 unspecified atom stereocenters. The Labute approximate surface area is 105 Å². The first kappa shape index (κ1) is 12.2. The molecule has 2 aromatic rings. The summed E-state index contributed by atoms with van der Waals surface area (Å²) in [6, 6.07) is 13.4. The molecule has 0 atom stereocenters. The molecule has 0 saturated carbocycles. The van der Waals surface area contributed by atoms with E-state index >= 15 is 0 Å². The zero-order valence-electron chi connectivity index (χ0n) is 11.2. The number of rotatable bonds is 0. The Morgan fingerprint density at radius 3 is 1.88 bits per heavy atom. The number of benzene rings is 2. The molecule has 0 bridgehead atoms. The molecule has 0 heteroatoms. The van der Waals surface area contributed by atoms with Crippen molar-refractivity contribution >= 4 is 10.8 Å². The molecule has 1 aliphatic carbocycles. The van der Waals surface area contributed by atoms with Gasteiger partial charge in [-0.15, -0.1) is 0 Å². The van der Waals surface area contributed by atoms with Crippen LogP contribution in [0.4, 0.5) is 0 Å². The standard InChI is InChI=1S/C14H14.C3H8/c1-10-8-12-6-2-4-11-5-3-7-13(9-10)14(11)12;1-3-2/h2-7,10H,8-9H2,1H3;3H2,1-2H3. The van der Waals surface area contributed by atoms with Crippen LogP contribution in [0, 0.1) is 5.92 Å². The maximum atomic E-state index is 2.34. The van der Waals surface area contributed by atoms with Crippen molar-refractivity contribution in [2.24, 2.45) is 5.92 Å². The van der Waals surface area contributed by atoms with E-state index in [0.717, 1.165) is 5.92 Å². The van der Waals surface area contributed by atoms with E-state index in [1.54, 1.807) is 0 Å². The summed E-state index contributed by atoms with van der Waals surface area (Å²) in [7, 11) is 0. The van der Waals surface area contributed by atoms with Crippen molar-refractivity contribution < 1.29 is 0 Å². The molecule has 0 aliphatic heterocycles. The van der Waals surface area contributed by atoms with Crippen LogP contribution in [0.5, 0.6) is 0 Å². The highest BCUT2D eigenvalue weighted by molar-refractivity contribution is 5.89. The van der Waals surface area contributed by atoms with Crippen LogP contribution in [0.15, 0.2) is 36.4 Å². The van der Waals surface area contributed by atoms with Crippen LogP contribution < -0.4 is 0 Å². The molecule has 2 aromatic carbocycles. The summed E-state index contributed by atoms with van der Waals surface area (Å²) in [6.45, 7) is 6.59. The zero-order valence-corrected chi connectivity index (χ0v) is 11.2. The minimum absolute atomic E-state index is 0.801. The van der Waals surface area contributed by atoms with Crippen LogP contribution in [0.25, 0.3) is 10.8 Å². The van der Waals surface area contributed by atoms with Gasteiger partial charge in [0.25, 0.3) is 0 Å². The Hall–Kier alpha value is -1.30. The fraction of sp³-hybridized carbons (Fsp3) is 0.412. The second-order valence-electron chi connectivity index (χ2n) is 5.15. The van der Waals surface area contributed by atoms with E-state index < -0.39 is 0 Å². The summed E-state index contributed by atoms with van der Waals surface area (Å²) in [4.78, 5) is 0. The second kappa shape index (κ2) is 5.35. The van der Waals surface area contributed by atoms with E-state index in [-0.39, 0.29) is 0 Å². The lowest BCUT2D eigenvalue weighted by molar-refractivity contribution is 0.570. The molecular weight excluding hydrogens is 204 g/mol. The summed E-state index contributed by atoms with van der Waals surface area (Å²) in [6.07, 6.45) is 3.74. The van der Waals surface area contributed by atoms with Gasteiger partial charge >= 0.3 is 0 Å². The van der Waals surface area contributed by atoms with Gasteiger partial charge in [0.2, 0.25) is 0 Å². The third-order valence-corrected chi connectivity index (χ3v) is 3.21. The van der Waals surface area contributed by atoms with Crippen molar-refractivity contribution in [3.63, 3.8) is 0 Å². The first-order valence-corrected chi connectivity index (χ1v) is 6.75.